The van der Waals surface area contributed by atoms with Gasteiger partial charge in [-0.05, 0) is 42.9 Å². The molecule has 3 rings (SSSR count). The number of rotatable bonds is 6. The summed E-state index contributed by atoms with van der Waals surface area (Å²) in [5.41, 5.74) is 3.40. The van der Waals surface area contributed by atoms with Crippen LogP contribution in [0.3, 0.4) is 0 Å². The van der Waals surface area contributed by atoms with Gasteiger partial charge in [0.15, 0.2) is 0 Å². The van der Waals surface area contributed by atoms with Crippen molar-refractivity contribution in [2.45, 2.75) is 32.1 Å². The van der Waals surface area contributed by atoms with Crippen molar-refractivity contribution in [3.63, 3.8) is 0 Å². The second-order valence-corrected chi connectivity index (χ2v) is 6.39. The number of nitrogens with one attached hydrogen (secondary N) is 1. The summed E-state index contributed by atoms with van der Waals surface area (Å²) in [6.45, 7) is 1.29. The smallest absolute Gasteiger partial charge is 0.236 e. The largest absolute Gasteiger partial charge is 0.356 e. The Kier molecular flexibility index (Phi) is 5.83. The summed E-state index contributed by atoms with van der Waals surface area (Å²) in [5, 5.41) is 2.86. The van der Waals surface area contributed by atoms with Gasteiger partial charge in [-0.2, -0.15) is 0 Å². The normalized spacial score (nSPS) is 13.2. The first-order valence-corrected chi connectivity index (χ1v) is 8.93. The Morgan fingerprint density at radius 1 is 1.00 bits per heavy atom. The minimum absolute atomic E-state index is 0.0837. The molecule has 0 radical (unpaired) electrons. The Morgan fingerprint density at radius 2 is 1.76 bits per heavy atom. The van der Waals surface area contributed by atoms with E-state index in [-0.39, 0.29) is 18.2 Å². The first kappa shape index (κ1) is 17.2. The lowest BCUT2D eigenvalue weighted by atomic mass is 10.0. The molecule has 2 aromatic rings. The maximum absolute atomic E-state index is 12.5. The lowest BCUT2D eigenvalue weighted by Crippen LogP contribution is -2.39. The molecule has 0 aromatic heterocycles. The standard InChI is InChI=1S/C21H24N2O2/c24-20(22-14-6-10-17-8-2-1-3-9-17)16-21(25)23-15-7-12-18-11-4-5-13-19(18)23/h1-5,8-9,11,13H,6-7,10,12,14-16H2,(H,22,24). The van der Waals surface area contributed by atoms with Gasteiger partial charge in [0, 0.05) is 18.8 Å². The Bertz CT molecular complexity index is 728. The molecule has 0 aliphatic carbocycles. The van der Waals surface area contributed by atoms with E-state index in [9.17, 15) is 9.59 Å². The zero-order valence-corrected chi connectivity index (χ0v) is 14.4. The first-order chi connectivity index (χ1) is 12.2. The topological polar surface area (TPSA) is 49.4 Å². The maximum Gasteiger partial charge on any atom is 0.236 e. The number of nitrogens with zero attached hydrogens (tertiary/aromatic N) is 1. The highest BCUT2D eigenvalue weighted by Gasteiger charge is 2.23. The molecule has 0 saturated heterocycles. The van der Waals surface area contributed by atoms with Gasteiger partial charge in [-0.15, -0.1) is 0 Å². The number of amides is 2. The highest BCUT2D eigenvalue weighted by molar-refractivity contribution is 6.05. The summed E-state index contributed by atoms with van der Waals surface area (Å²) >= 11 is 0. The van der Waals surface area contributed by atoms with Crippen LogP contribution in [0, 0.1) is 0 Å². The second kappa shape index (κ2) is 8.47. The number of benzene rings is 2. The molecule has 1 aliphatic rings. The highest BCUT2D eigenvalue weighted by Crippen LogP contribution is 2.27. The van der Waals surface area contributed by atoms with Crippen LogP contribution < -0.4 is 10.2 Å². The molecule has 130 valence electrons. The number of hydrogen-bond donors (Lipinski definition) is 1. The van der Waals surface area contributed by atoms with Crippen LogP contribution in [-0.4, -0.2) is 24.9 Å². The molecule has 0 bridgehead atoms. The number of hydrogen-bond acceptors (Lipinski definition) is 2. The van der Waals surface area contributed by atoms with Crippen LogP contribution in [0.1, 0.15) is 30.4 Å². The van der Waals surface area contributed by atoms with E-state index in [2.05, 4.69) is 23.5 Å². The fourth-order valence-corrected chi connectivity index (χ4v) is 3.25. The number of aryl methyl sites for hydroxylation is 2. The monoisotopic (exact) mass is 336 g/mol. The molecule has 1 aliphatic heterocycles. The minimum atomic E-state index is -0.193. The fraction of sp³-hybridized carbons (Fsp3) is 0.333. The SMILES string of the molecule is O=C(CC(=O)N1CCCc2ccccc21)NCCCc1ccccc1. The third-order valence-corrected chi connectivity index (χ3v) is 4.53. The molecule has 2 amide bonds. The van der Waals surface area contributed by atoms with Gasteiger partial charge in [-0.1, -0.05) is 48.5 Å². The predicted molar refractivity (Wildman–Crippen MR) is 99.5 cm³/mol. The lowest BCUT2D eigenvalue weighted by Gasteiger charge is -2.29. The van der Waals surface area contributed by atoms with Gasteiger partial charge in [-0.3, -0.25) is 9.59 Å². The summed E-state index contributed by atoms with van der Waals surface area (Å²) < 4.78 is 0. The predicted octanol–water partition coefficient (Wildman–Crippen LogP) is 3.10. The van der Waals surface area contributed by atoms with Crippen molar-refractivity contribution in [3.8, 4) is 0 Å². The second-order valence-electron chi connectivity index (χ2n) is 6.39. The van der Waals surface area contributed by atoms with Crippen molar-refractivity contribution in [1.29, 1.82) is 0 Å². The number of fused-ring (bicyclic) bond motifs is 1. The van der Waals surface area contributed by atoms with Crippen molar-refractivity contribution < 1.29 is 9.59 Å². The Balaban J connectivity index is 1.44. The molecule has 1 heterocycles. The zero-order chi connectivity index (χ0) is 17.5. The van der Waals surface area contributed by atoms with Crippen LogP contribution in [0.25, 0.3) is 0 Å². The van der Waals surface area contributed by atoms with E-state index in [0.717, 1.165) is 31.4 Å². The summed E-state index contributed by atoms with van der Waals surface area (Å²) in [6.07, 6.45) is 3.65. The number of carbonyl (C=O) groups is 2. The van der Waals surface area contributed by atoms with E-state index in [4.69, 9.17) is 0 Å². The van der Waals surface area contributed by atoms with Crippen LogP contribution in [0.15, 0.2) is 54.6 Å². The summed E-state index contributed by atoms with van der Waals surface area (Å²) in [6, 6.07) is 18.1. The van der Waals surface area contributed by atoms with Gasteiger partial charge in [0.25, 0.3) is 0 Å². The van der Waals surface area contributed by atoms with E-state index >= 15 is 0 Å². The number of carbonyl (C=O) groups excluding carboxylic acids is 2. The third-order valence-electron chi connectivity index (χ3n) is 4.53. The first-order valence-electron chi connectivity index (χ1n) is 8.93. The molecule has 4 heteroatoms. The van der Waals surface area contributed by atoms with E-state index < -0.39 is 0 Å². The Morgan fingerprint density at radius 3 is 2.60 bits per heavy atom. The molecule has 0 atom stereocenters. The van der Waals surface area contributed by atoms with Crippen molar-refractivity contribution in [2.75, 3.05) is 18.0 Å². The summed E-state index contributed by atoms with van der Waals surface area (Å²) in [4.78, 5) is 26.3. The van der Waals surface area contributed by atoms with Crippen LogP contribution in [0.5, 0.6) is 0 Å². The minimum Gasteiger partial charge on any atom is -0.356 e. The Hall–Kier alpha value is -2.62. The quantitative estimate of drug-likeness (QED) is 0.651. The lowest BCUT2D eigenvalue weighted by molar-refractivity contribution is -0.128. The molecule has 2 aromatic carbocycles. The Labute approximate surface area is 148 Å². The average Bonchev–Trinajstić information content (AvgIpc) is 2.65. The average molecular weight is 336 g/mol. The van der Waals surface area contributed by atoms with Gasteiger partial charge >= 0.3 is 0 Å². The van der Waals surface area contributed by atoms with E-state index in [0.29, 0.717) is 13.1 Å². The van der Waals surface area contributed by atoms with Gasteiger partial charge < -0.3 is 10.2 Å². The van der Waals surface area contributed by atoms with Gasteiger partial charge in [0.1, 0.15) is 6.42 Å². The molecule has 0 fully saturated rings. The van der Waals surface area contributed by atoms with Crippen LogP contribution in [0.4, 0.5) is 5.69 Å². The van der Waals surface area contributed by atoms with Crippen LogP contribution in [0.2, 0.25) is 0 Å². The van der Waals surface area contributed by atoms with Crippen molar-refractivity contribution >= 4 is 17.5 Å². The zero-order valence-electron chi connectivity index (χ0n) is 14.4. The number of para-hydroxylation sites is 1. The van der Waals surface area contributed by atoms with Crippen molar-refractivity contribution in [3.05, 3.63) is 65.7 Å². The third kappa shape index (κ3) is 4.69. The van der Waals surface area contributed by atoms with Gasteiger partial charge in [-0.25, -0.2) is 0 Å². The molecule has 0 spiro atoms. The molecule has 4 nitrogen and oxygen atoms in total. The summed E-state index contributed by atoms with van der Waals surface area (Å²) in [7, 11) is 0. The van der Waals surface area contributed by atoms with Crippen molar-refractivity contribution in [2.24, 2.45) is 0 Å². The fourth-order valence-electron chi connectivity index (χ4n) is 3.25. The highest BCUT2D eigenvalue weighted by atomic mass is 16.2. The van der Waals surface area contributed by atoms with E-state index in [1.54, 1.807) is 4.90 Å². The van der Waals surface area contributed by atoms with Crippen LogP contribution >= 0.6 is 0 Å². The molecule has 1 N–H and O–H groups in total. The van der Waals surface area contributed by atoms with Gasteiger partial charge in [0.05, 0.1) is 0 Å². The molecule has 0 saturated carbocycles. The molecule has 25 heavy (non-hydrogen) atoms. The number of anilines is 1. The molecular formula is C21H24N2O2. The summed E-state index contributed by atoms with van der Waals surface area (Å²) in [5.74, 6) is -0.311. The maximum atomic E-state index is 12.5. The van der Waals surface area contributed by atoms with E-state index in [1.807, 2.05) is 36.4 Å². The van der Waals surface area contributed by atoms with E-state index in [1.165, 1.54) is 11.1 Å². The van der Waals surface area contributed by atoms with Crippen molar-refractivity contribution in [1.82, 2.24) is 5.32 Å². The molecular weight excluding hydrogens is 312 g/mol. The molecule has 0 unspecified atom stereocenters. The van der Waals surface area contributed by atoms with Gasteiger partial charge in [0.2, 0.25) is 11.8 Å². The van der Waals surface area contributed by atoms with Crippen LogP contribution in [-0.2, 0) is 22.4 Å².